The minimum absolute atomic E-state index is 0.259. The number of hydrogen-bond acceptors (Lipinski definition) is 7. The number of nitrogens with one attached hydrogen (secondary N) is 2. The van der Waals surface area contributed by atoms with Crippen LogP contribution in [0.25, 0.3) is 16.9 Å². The molecule has 176 valence electrons. The summed E-state index contributed by atoms with van der Waals surface area (Å²) < 4.78 is 36.9. The number of fused-ring (bicyclic) bond motifs is 1. The average Bonchev–Trinajstić information content (AvgIpc) is 3.46. The van der Waals surface area contributed by atoms with Crippen LogP contribution in [0, 0.1) is 0 Å². The highest BCUT2D eigenvalue weighted by Gasteiger charge is 2.26. The van der Waals surface area contributed by atoms with E-state index >= 15 is 0 Å². The van der Waals surface area contributed by atoms with Crippen molar-refractivity contribution < 1.29 is 23.0 Å². The molecule has 0 spiro atoms. The van der Waals surface area contributed by atoms with E-state index in [-0.39, 0.29) is 11.3 Å². The summed E-state index contributed by atoms with van der Waals surface area (Å²) in [6.45, 7) is -2.40. The van der Waals surface area contributed by atoms with Gasteiger partial charge in [0.15, 0.2) is 5.65 Å². The van der Waals surface area contributed by atoms with Crippen LogP contribution in [0.3, 0.4) is 0 Å². The molecular weight excluding hydrogens is 466 g/mol. The van der Waals surface area contributed by atoms with E-state index < -0.39 is 12.7 Å². The number of halogens is 2. The Morgan fingerprint density at radius 1 is 1.29 bits per heavy atom. The van der Waals surface area contributed by atoms with Gasteiger partial charge in [-0.05, 0) is 24.6 Å². The smallest absolute Gasteiger partial charge is 0.345 e. The summed E-state index contributed by atoms with van der Waals surface area (Å²) in [5, 5.41) is 14.0. The number of ether oxygens (including phenoxy) is 2. The Kier molecular flexibility index (Phi) is 6.52. The van der Waals surface area contributed by atoms with Crippen molar-refractivity contribution in [2.45, 2.75) is 35.9 Å². The zero-order valence-electron chi connectivity index (χ0n) is 17.7. The van der Waals surface area contributed by atoms with Crippen LogP contribution in [0.5, 0.6) is 0 Å². The Labute approximate surface area is 196 Å². The third-order valence-corrected chi connectivity index (χ3v) is 6.45. The zero-order chi connectivity index (χ0) is 23.5. The number of anilines is 1. The second-order valence-corrected chi connectivity index (χ2v) is 8.78. The molecule has 2 atom stereocenters. The van der Waals surface area contributed by atoms with E-state index in [1.165, 1.54) is 28.7 Å². The molecule has 1 amide bonds. The first kappa shape index (κ1) is 22.4. The summed E-state index contributed by atoms with van der Waals surface area (Å²) in [6, 6.07) is 9.32. The second-order valence-electron chi connectivity index (χ2n) is 7.54. The molecule has 0 saturated carbocycles. The molecule has 5 rings (SSSR count). The second kappa shape index (κ2) is 9.87. The monoisotopic (exact) mass is 486 g/mol. The number of amides is 1. The third-order valence-electron chi connectivity index (χ3n) is 5.32. The van der Waals surface area contributed by atoms with Gasteiger partial charge in [-0.25, -0.2) is 9.50 Å². The number of hydrogen-bond donors (Lipinski definition) is 2. The van der Waals surface area contributed by atoms with E-state index in [4.69, 9.17) is 4.74 Å². The average molecular weight is 487 g/mol. The van der Waals surface area contributed by atoms with Gasteiger partial charge >= 0.3 is 6.61 Å². The van der Waals surface area contributed by atoms with Crippen molar-refractivity contribution in [3.8, 4) is 11.3 Å². The minimum Gasteiger partial charge on any atom is -0.367 e. The van der Waals surface area contributed by atoms with Crippen LogP contribution in [0.15, 0.2) is 60.0 Å². The van der Waals surface area contributed by atoms with Crippen LogP contribution in [0.4, 0.5) is 14.5 Å². The van der Waals surface area contributed by atoms with Gasteiger partial charge in [0.25, 0.3) is 5.91 Å². The lowest BCUT2D eigenvalue weighted by molar-refractivity contribution is -0.182. The first-order valence-electron chi connectivity index (χ1n) is 10.5. The van der Waals surface area contributed by atoms with Gasteiger partial charge in [-0.15, -0.1) is 0 Å². The molecule has 4 heterocycles. The van der Waals surface area contributed by atoms with Gasteiger partial charge in [0.1, 0.15) is 11.0 Å². The number of nitrogens with zero attached hydrogens (tertiary/aromatic N) is 4. The van der Waals surface area contributed by atoms with Crippen molar-refractivity contribution in [3.63, 3.8) is 0 Å². The van der Waals surface area contributed by atoms with Crippen molar-refractivity contribution in [1.29, 1.82) is 0 Å². The fourth-order valence-corrected chi connectivity index (χ4v) is 4.78. The van der Waals surface area contributed by atoms with Crippen LogP contribution in [0.1, 0.15) is 23.2 Å². The van der Waals surface area contributed by atoms with E-state index in [9.17, 15) is 13.6 Å². The molecule has 1 aromatic carbocycles. The Bertz CT molecular complexity index is 1280. The van der Waals surface area contributed by atoms with Crippen LogP contribution in [0.2, 0.25) is 0 Å². The van der Waals surface area contributed by atoms with Crippen molar-refractivity contribution in [1.82, 2.24) is 24.8 Å². The van der Waals surface area contributed by atoms with Crippen LogP contribution in [-0.4, -0.2) is 55.5 Å². The lowest BCUT2D eigenvalue weighted by atomic mass is 10.1. The third kappa shape index (κ3) is 4.93. The molecule has 1 aliphatic heterocycles. The number of alkyl halides is 2. The molecule has 0 aliphatic carbocycles. The van der Waals surface area contributed by atoms with Gasteiger partial charge in [-0.2, -0.15) is 19.0 Å². The van der Waals surface area contributed by atoms with E-state index in [1.54, 1.807) is 18.5 Å². The SMILES string of the molecule is O=C(Nc1cn[nH]c1-c1ccc(SC2CC(OC(F)F)CCO2)cc1)c1cnn2cccnc12. The Morgan fingerprint density at radius 3 is 2.97 bits per heavy atom. The number of carbonyl (C=O) groups is 1. The zero-order valence-corrected chi connectivity index (χ0v) is 18.5. The first-order chi connectivity index (χ1) is 16.6. The summed E-state index contributed by atoms with van der Waals surface area (Å²) in [6.07, 6.45) is 6.66. The maximum absolute atomic E-state index is 12.8. The van der Waals surface area contributed by atoms with Gasteiger partial charge in [0.2, 0.25) is 0 Å². The summed E-state index contributed by atoms with van der Waals surface area (Å²) >= 11 is 1.46. The lowest BCUT2D eigenvalue weighted by Gasteiger charge is -2.28. The predicted octanol–water partition coefficient (Wildman–Crippen LogP) is 4.21. The van der Waals surface area contributed by atoms with E-state index in [0.29, 0.717) is 42.0 Å². The van der Waals surface area contributed by atoms with Gasteiger partial charge in [0, 0.05) is 29.3 Å². The highest BCUT2D eigenvalue weighted by molar-refractivity contribution is 7.99. The molecule has 34 heavy (non-hydrogen) atoms. The molecule has 9 nitrogen and oxygen atoms in total. The van der Waals surface area contributed by atoms with Crippen LogP contribution >= 0.6 is 11.8 Å². The Hall–Kier alpha value is -3.35. The molecule has 2 N–H and O–H groups in total. The predicted molar refractivity (Wildman–Crippen MR) is 121 cm³/mol. The molecule has 0 bridgehead atoms. The molecule has 4 aromatic rings. The number of thioether (sulfide) groups is 1. The summed E-state index contributed by atoms with van der Waals surface area (Å²) in [4.78, 5) is 18.0. The molecule has 2 unspecified atom stereocenters. The number of aromatic amines is 1. The molecule has 1 fully saturated rings. The molecule has 0 radical (unpaired) electrons. The summed E-state index contributed by atoms with van der Waals surface area (Å²) in [7, 11) is 0. The quantitative estimate of drug-likeness (QED) is 0.403. The minimum atomic E-state index is -2.78. The number of aromatic nitrogens is 5. The molecule has 1 saturated heterocycles. The van der Waals surface area contributed by atoms with Crippen molar-refractivity contribution in [3.05, 3.63) is 60.7 Å². The summed E-state index contributed by atoms with van der Waals surface area (Å²) in [5.74, 6) is -0.349. The van der Waals surface area contributed by atoms with Crippen LogP contribution < -0.4 is 5.32 Å². The standard InChI is InChI=1S/C22H20F2N6O3S/c23-22(24)33-14-6-9-32-18(10-14)34-15-4-2-13(3-5-15)19-17(12-26-29-19)28-21(31)16-11-27-30-8-1-7-25-20(16)30/h1-5,7-8,11-12,14,18,22H,6,9-10H2,(H,26,29)(H,28,31). The van der Waals surface area contributed by atoms with Crippen molar-refractivity contribution >= 4 is 29.0 Å². The van der Waals surface area contributed by atoms with Gasteiger partial charge < -0.3 is 14.8 Å². The molecule has 3 aromatic heterocycles. The van der Waals surface area contributed by atoms with E-state index in [1.807, 2.05) is 24.3 Å². The fourth-order valence-electron chi connectivity index (χ4n) is 3.71. The Morgan fingerprint density at radius 2 is 2.15 bits per heavy atom. The first-order valence-corrected chi connectivity index (χ1v) is 11.4. The molecule has 12 heteroatoms. The number of benzene rings is 1. The van der Waals surface area contributed by atoms with Crippen molar-refractivity contribution in [2.24, 2.45) is 0 Å². The lowest BCUT2D eigenvalue weighted by Crippen LogP contribution is -2.30. The highest BCUT2D eigenvalue weighted by Crippen LogP contribution is 2.34. The van der Waals surface area contributed by atoms with Crippen molar-refractivity contribution in [2.75, 3.05) is 11.9 Å². The van der Waals surface area contributed by atoms with Gasteiger partial charge in [-0.1, -0.05) is 23.9 Å². The largest absolute Gasteiger partial charge is 0.367 e. The Balaban J connectivity index is 1.26. The van der Waals surface area contributed by atoms with E-state index in [0.717, 1.165) is 10.5 Å². The normalized spacial score (nSPS) is 18.4. The maximum atomic E-state index is 12.8. The number of rotatable bonds is 7. The van der Waals surface area contributed by atoms with Gasteiger partial charge in [-0.3, -0.25) is 9.89 Å². The molecular formula is C22H20F2N6O3S. The van der Waals surface area contributed by atoms with E-state index in [2.05, 4.69) is 30.3 Å². The topological polar surface area (TPSA) is 106 Å². The molecule has 1 aliphatic rings. The number of H-pyrrole nitrogens is 1. The fraction of sp³-hybridized carbons (Fsp3) is 0.273. The highest BCUT2D eigenvalue weighted by atomic mass is 32.2. The summed E-state index contributed by atoms with van der Waals surface area (Å²) in [5.41, 5.74) is 2.53. The maximum Gasteiger partial charge on any atom is 0.345 e. The number of carbonyl (C=O) groups excluding carboxylic acids is 1. The van der Waals surface area contributed by atoms with Gasteiger partial charge in [0.05, 0.1) is 36.5 Å². The van der Waals surface area contributed by atoms with Crippen LogP contribution in [-0.2, 0) is 9.47 Å².